The van der Waals surface area contributed by atoms with Crippen LogP contribution in [0.1, 0.15) is 37.0 Å². The molecule has 0 unspecified atom stereocenters. The van der Waals surface area contributed by atoms with Crippen LogP contribution < -0.4 is 9.62 Å². The summed E-state index contributed by atoms with van der Waals surface area (Å²) < 4.78 is 28.9. The Labute approximate surface area is 240 Å². The summed E-state index contributed by atoms with van der Waals surface area (Å²) in [7, 11) is -4.12. The molecule has 0 aromatic heterocycles. The summed E-state index contributed by atoms with van der Waals surface area (Å²) in [6.45, 7) is 7.18. The van der Waals surface area contributed by atoms with Gasteiger partial charge >= 0.3 is 0 Å². The molecule has 0 saturated heterocycles. The molecule has 0 aliphatic rings. The van der Waals surface area contributed by atoms with Crippen LogP contribution in [0.25, 0.3) is 0 Å². The van der Waals surface area contributed by atoms with E-state index in [9.17, 15) is 18.0 Å². The number of para-hydroxylation sites is 1. The molecule has 0 spiro atoms. The molecule has 0 aliphatic carbocycles. The van der Waals surface area contributed by atoms with Crippen LogP contribution in [-0.4, -0.2) is 44.3 Å². The maximum atomic E-state index is 14.0. The smallest absolute Gasteiger partial charge is 0.264 e. The van der Waals surface area contributed by atoms with E-state index in [1.165, 1.54) is 17.0 Å². The Morgan fingerprint density at radius 3 is 2.18 bits per heavy atom. The number of amides is 2. The van der Waals surface area contributed by atoms with Crippen molar-refractivity contribution < 1.29 is 18.0 Å². The number of carbonyl (C=O) groups excluding carboxylic acids is 2. The zero-order valence-electron chi connectivity index (χ0n) is 22.4. The van der Waals surface area contributed by atoms with Gasteiger partial charge in [-0.1, -0.05) is 72.1 Å². The molecule has 0 saturated carbocycles. The van der Waals surface area contributed by atoms with Gasteiger partial charge in [-0.2, -0.15) is 0 Å². The summed E-state index contributed by atoms with van der Waals surface area (Å²) in [5.74, 6) is -0.852. The fourth-order valence-corrected chi connectivity index (χ4v) is 6.04. The van der Waals surface area contributed by atoms with E-state index in [1.807, 2.05) is 6.92 Å². The highest BCUT2D eigenvalue weighted by Crippen LogP contribution is 2.28. The maximum Gasteiger partial charge on any atom is 0.264 e. The molecule has 3 rings (SSSR count). The number of carbonyl (C=O) groups is 2. The lowest BCUT2D eigenvalue weighted by Gasteiger charge is -2.33. The number of hydrogen-bond donors (Lipinski definition) is 1. The second kappa shape index (κ2) is 13.3. The van der Waals surface area contributed by atoms with Crippen LogP contribution in [0.4, 0.5) is 5.69 Å². The summed E-state index contributed by atoms with van der Waals surface area (Å²) in [5, 5.41) is 3.46. The summed E-state index contributed by atoms with van der Waals surface area (Å²) >= 11 is 12.3. The number of nitrogens with one attached hydrogen (secondary N) is 1. The summed E-state index contributed by atoms with van der Waals surface area (Å²) in [6.07, 6.45) is 0.327. The van der Waals surface area contributed by atoms with Crippen molar-refractivity contribution in [3.8, 4) is 0 Å². The molecule has 0 radical (unpaired) electrons. The van der Waals surface area contributed by atoms with Crippen LogP contribution in [0.2, 0.25) is 10.0 Å². The molecule has 7 nitrogen and oxygen atoms in total. The standard InChI is InChI=1S/C29H33Cl2N3O4S/c1-5-26(29(36)32-6-2)33(18-22-13-16-24(30)25(31)17-22)28(35)19-34(27-10-8-7-9-21(27)4)39(37,38)23-14-11-20(3)12-15-23/h7-17,26H,5-6,18-19H2,1-4H3,(H,32,36)/t26-/m1/s1. The fraction of sp³-hybridized carbons (Fsp3) is 0.310. The zero-order valence-corrected chi connectivity index (χ0v) is 24.8. The number of anilines is 1. The normalized spacial score (nSPS) is 12.1. The Morgan fingerprint density at radius 1 is 0.923 bits per heavy atom. The first-order valence-corrected chi connectivity index (χ1v) is 14.8. The summed E-state index contributed by atoms with van der Waals surface area (Å²) in [6, 6.07) is 17.6. The Bertz CT molecular complexity index is 1430. The number of rotatable bonds is 11. The monoisotopic (exact) mass is 589 g/mol. The quantitative estimate of drug-likeness (QED) is 0.308. The van der Waals surface area contributed by atoms with Crippen LogP contribution in [0, 0.1) is 13.8 Å². The number of aryl methyl sites for hydroxylation is 2. The van der Waals surface area contributed by atoms with Gasteiger partial charge in [0, 0.05) is 13.1 Å². The highest BCUT2D eigenvalue weighted by Gasteiger charge is 2.34. The van der Waals surface area contributed by atoms with Gasteiger partial charge in [-0.15, -0.1) is 0 Å². The van der Waals surface area contributed by atoms with E-state index in [4.69, 9.17) is 23.2 Å². The number of halogens is 2. The largest absolute Gasteiger partial charge is 0.355 e. The predicted octanol–water partition coefficient (Wildman–Crippen LogP) is 5.75. The van der Waals surface area contributed by atoms with Gasteiger partial charge in [0.1, 0.15) is 12.6 Å². The van der Waals surface area contributed by atoms with Crippen molar-refractivity contribution in [2.75, 3.05) is 17.4 Å². The Balaban J connectivity index is 2.08. The molecule has 10 heteroatoms. The molecule has 0 fully saturated rings. The first-order valence-electron chi connectivity index (χ1n) is 12.7. The van der Waals surface area contributed by atoms with Gasteiger partial charge < -0.3 is 10.2 Å². The van der Waals surface area contributed by atoms with Crippen molar-refractivity contribution in [2.45, 2.75) is 51.6 Å². The highest BCUT2D eigenvalue weighted by molar-refractivity contribution is 7.92. The van der Waals surface area contributed by atoms with Gasteiger partial charge in [-0.05, 0) is 68.7 Å². The van der Waals surface area contributed by atoms with Crippen molar-refractivity contribution in [3.05, 3.63) is 93.5 Å². The molecule has 1 N–H and O–H groups in total. The van der Waals surface area contributed by atoms with Crippen LogP contribution in [0.15, 0.2) is 71.6 Å². The second-order valence-corrected chi connectivity index (χ2v) is 11.9. The van der Waals surface area contributed by atoms with Crippen LogP contribution >= 0.6 is 23.2 Å². The lowest BCUT2D eigenvalue weighted by Crippen LogP contribution is -2.52. The minimum atomic E-state index is -4.12. The molecule has 1 atom stereocenters. The molecular weight excluding hydrogens is 557 g/mol. The molecule has 39 heavy (non-hydrogen) atoms. The van der Waals surface area contributed by atoms with Gasteiger partial charge in [0.25, 0.3) is 10.0 Å². The van der Waals surface area contributed by atoms with Crippen molar-refractivity contribution in [1.29, 1.82) is 0 Å². The maximum absolute atomic E-state index is 14.0. The lowest BCUT2D eigenvalue weighted by molar-refractivity contribution is -0.140. The first-order chi connectivity index (χ1) is 18.5. The minimum absolute atomic E-state index is 0.0392. The molecule has 0 aliphatic heterocycles. The van der Waals surface area contributed by atoms with Crippen molar-refractivity contribution >= 4 is 50.7 Å². The predicted molar refractivity (Wildman–Crippen MR) is 157 cm³/mol. The van der Waals surface area contributed by atoms with Gasteiger partial charge in [-0.3, -0.25) is 13.9 Å². The Kier molecular flexibility index (Phi) is 10.4. The van der Waals surface area contributed by atoms with E-state index < -0.39 is 28.5 Å². The second-order valence-electron chi connectivity index (χ2n) is 9.20. The molecule has 0 heterocycles. The van der Waals surface area contributed by atoms with Crippen LogP contribution in [0.5, 0.6) is 0 Å². The molecule has 208 valence electrons. The van der Waals surface area contributed by atoms with Gasteiger partial charge in [0.15, 0.2) is 0 Å². The zero-order chi connectivity index (χ0) is 28.7. The molecule has 2 amide bonds. The SMILES string of the molecule is CCNC(=O)[C@@H](CC)N(Cc1ccc(Cl)c(Cl)c1)C(=O)CN(c1ccccc1C)S(=O)(=O)c1ccc(C)cc1. The van der Waals surface area contributed by atoms with Crippen molar-refractivity contribution in [2.24, 2.45) is 0 Å². The van der Waals surface area contributed by atoms with E-state index in [0.29, 0.717) is 39.8 Å². The average Bonchev–Trinajstić information content (AvgIpc) is 2.90. The average molecular weight is 591 g/mol. The van der Waals surface area contributed by atoms with Crippen LogP contribution in [-0.2, 0) is 26.2 Å². The third-order valence-corrected chi connectivity index (χ3v) is 8.86. The van der Waals surface area contributed by atoms with Crippen molar-refractivity contribution in [3.63, 3.8) is 0 Å². The van der Waals surface area contributed by atoms with E-state index in [1.54, 1.807) is 75.4 Å². The molecule has 0 bridgehead atoms. The molecular formula is C29H33Cl2N3O4S. The van der Waals surface area contributed by atoms with E-state index in [2.05, 4.69) is 5.32 Å². The van der Waals surface area contributed by atoms with E-state index in [-0.39, 0.29) is 17.3 Å². The van der Waals surface area contributed by atoms with Crippen LogP contribution in [0.3, 0.4) is 0 Å². The van der Waals surface area contributed by atoms with Gasteiger partial charge in [-0.25, -0.2) is 8.42 Å². The third kappa shape index (κ3) is 7.32. The number of nitrogens with zero attached hydrogens (tertiary/aromatic N) is 2. The first kappa shape index (κ1) is 30.5. The number of benzene rings is 3. The fourth-order valence-electron chi connectivity index (χ4n) is 4.24. The topological polar surface area (TPSA) is 86.8 Å². The molecule has 3 aromatic rings. The number of sulfonamides is 1. The Morgan fingerprint density at radius 2 is 1.59 bits per heavy atom. The summed E-state index contributed by atoms with van der Waals surface area (Å²) in [4.78, 5) is 28.5. The number of hydrogen-bond acceptors (Lipinski definition) is 4. The van der Waals surface area contributed by atoms with E-state index >= 15 is 0 Å². The third-order valence-electron chi connectivity index (χ3n) is 6.35. The van der Waals surface area contributed by atoms with Gasteiger partial charge in [0.05, 0.1) is 20.6 Å². The Hall–Kier alpha value is -3.07. The highest BCUT2D eigenvalue weighted by atomic mass is 35.5. The minimum Gasteiger partial charge on any atom is -0.355 e. The van der Waals surface area contributed by atoms with E-state index in [0.717, 1.165) is 9.87 Å². The van der Waals surface area contributed by atoms with Gasteiger partial charge in [0.2, 0.25) is 11.8 Å². The number of likely N-dealkylation sites (N-methyl/N-ethyl adjacent to an activating group) is 1. The summed E-state index contributed by atoms with van der Waals surface area (Å²) in [5.41, 5.74) is 2.64. The van der Waals surface area contributed by atoms with Crippen molar-refractivity contribution in [1.82, 2.24) is 10.2 Å². The molecule has 3 aromatic carbocycles. The lowest BCUT2D eigenvalue weighted by atomic mass is 10.1.